The van der Waals surface area contributed by atoms with Gasteiger partial charge in [-0.25, -0.2) is 0 Å². The van der Waals surface area contributed by atoms with Crippen LogP contribution < -0.4 is 0 Å². The number of hydrogen-bond acceptors (Lipinski definition) is 3. The van der Waals surface area contributed by atoms with Gasteiger partial charge in [0.1, 0.15) is 0 Å². The van der Waals surface area contributed by atoms with Crippen molar-refractivity contribution in [3.63, 3.8) is 0 Å². The van der Waals surface area contributed by atoms with Gasteiger partial charge >= 0.3 is 0 Å². The lowest BCUT2D eigenvalue weighted by molar-refractivity contribution is -0.166. The summed E-state index contributed by atoms with van der Waals surface area (Å²) in [4.78, 5) is 33.8. The lowest BCUT2D eigenvalue weighted by atomic mass is 9.76. The number of aliphatic hydroxyl groups excluding tert-OH is 1. The number of H-pyrrole nitrogens is 1. The molecule has 2 aromatic carbocycles. The van der Waals surface area contributed by atoms with Crippen molar-refractivity contribution >= 4 is 38.6 Å². The minimum absolute atomic E-state index is 0.0122. The van der Waals surface area contributed by atoms with Crippen molar-refractivity contribution in [2.45, 2.75) is 24.8 Å². The molecule has 3 heterocycles. The van der Waals surface area contributed by atoms with E-state index in [9.17, 15) is 14.7 Å². The van der Waals surface area contributed by atoms with Gasteiger partial charge < -0.3 is 19.9 Å². The summed E-state index contributed by atoms with van der Waals surface area (Å²) in [6, 6.07) is 16.2. The van der Waals surface area contributed by atoms with E-state index < -0.39 is 5.54 Å². The first-order valence-electron chi connectivity index (χ1n) is 10.5. The fourth-order valence-corrected chi connectivity index (χ4v) is 5.38. The minimum atomic E-state index is -1.09. The zero-order valence-electron chi connectivity index (χ0n) is 17.3. The highest BCUT2D eigenvalue weighted by molar-refractivity contribution is 9.10. The fourth-order valence-electron chi connectivity index (χ4n) is 5.11. The lowest BCUT2D eigenvalue weighted by Gasteiger charge is -2.51. The van der Waals surface area contributed by atoms with Crippen molar-refractivity contribution in [3.8, 4) is 0 Å². The van der Waals surface area contributed by atoms with Gasteiger partial charge in [-0.1, -0.05) is 46.3 Å². The third-order valence-corrected chi connectivity index (χ3v) is 7.20. The topological polar surface area (TPSA) is 76.6 Å². The van der Waals surface area contributed by atoms with Gasteiger partial charge in [0.25, 0.3) is 5.91 Å². The van der Waals surface area contributed by atoms with Crippen LogP contribution in [0.4, 0.5) is 0 Å². The molecule has 1 saturated heterocycles. The number of carbonyl (C=O) groups excluding carboxylic acids is 2. The number of amides is 2. The Morgan fingerprint density at radius 3 is 2.65 bits per heavy atom. The quantitative estimate of drug-likeness (QED) is 0.599. The Morgan fingerprint density at radius 1 is 1.16 bits per heavy atom. The highest BCUT2D eigenvalue weighted by Crippen LogP contribution is 2.48. The second-order valence-corrected chi connectivity index (χ2v) is 9.36. The molecule has 2 aliphatic heterocycles. The second kappa shape index (κ2) is 7.50. The summed E-state index contributed by atoms with van der Waals surface area (Å²) in [5.74, 6) is -0.192. The molecule has 0 radical (unpaired) electrons. The number of nitrogens with one attached hydrogen (secondary N) is 1. The highest BCUT2D eigenvalue weighted by Gasteiger charge is 2.56. The molecule has 1 unspecified atom stereocenters. The van der Waals surface area contributed by atoms with Crippen LogP contribution in [0.1, 0.15) is 36.1 Å². The number of benzene rings is 2. The Hall–Kier alpha value is -2.64. The number of rotatable bonds is 4. The third kappa shape index (κ3) is 3.02. The number of hydrogen-bond donors (Lipinski definition) is 2. The van der Waals surface area contributed by atoms with Crippen LogP contribution >= 0.6 is 15.9 Å². The van der Waals surface area contributed by atoms with E-state index >= 15 is 0 Å². The van der Waals surface area contributed by atoms with E-state index in [2.05, 4.69) is 39.1 Å². The Bertz CT molecular complexity index is 1170. The van der Waals surface area contributed by atoms with E-state index in [1.807, 2.05) is 37.3 Å². The summed E-state index contributed by atoms with van der Waals surface area (Å²) in [7, 11) is 0. The van der Waals surface area contributed by atoms with Crippen LogP contribution in [0.25, 0.3) is 10.9 Å². The molecule has 0 saturated carbocycles. The normalized spacial score (nSPS) is 23.3. The average molecular weight is 482 g/mol. The number of aromatic amines is 1. The molecule has 1 fully saturated rings. The van der Waals surface area contributed by atoms with Crippen molar-refractivity contribution in [2.75, 3.05) is 26.2 Å². The van der Waals surface area contributed by atoms with Crippen LogP contribution in [-0.4, -0.2) is 57.9 Å². The van der Waals surface area contributed by atoms with Gasteiger partial charge in [0, 0.05) is 41.0 Å². The van der Waals surface area contributed by atoms with E-state index in [1.165, 1.54) is 0 Å². The molecule has 0 aliphatic carbocycles. The van der Waals surface area contributed by atoms with Crippen molar-refractivity contribution in [3.05, 3.63) is 69.8 Å². The van der Waals surface area contributed by atoms with Crippen molar-refractivity contribution < 1.29 is 14.7 Å². The van der Waals surface area contributed by atoms with E-state index in [0.717, 1.165) is 32.2 Å². The molecule has 0 spiro atoms. The van der Waals surface area contributed by atoms with E-state index in [0.29, 0.717) is 19.5 Å². The van der Waals surface area contributed by atoms with Crippen LogP contribution in [0.2, 0.25) is 0 Å². The second-order valence-electron chi connectivity index (χ2n) is 8.44. The van der Waals surface area contributed by atoms with Crippen molar-refractivity contribution in [2.24, 2.45) is 0 Å². The van der Waals surface area contributed by atoms with Gasteiger partial charge in [-0.3, -0.25) is 9.59 Å². The number of aromatic nitrogens is 1. The molecule has 0 bridgehead atoms. The number of piperazine rings is 1. The molecular formula is C24H24BrN3O3. The predicted octanol–water partition coefficient (Wildman–Crippen LogP) is 3.34. The summed E-state index contributed by atoms with van der Waals surface area (Å²) in [6.45, 7) is 2.71. The molecule has 2 N–H and O–H groups in total. The van der Waals surface area contributed by atoms with Crippen LogP contribution in [0, 0.1) is 0 Å². The maximum Gasteiger partial charge on any atom is 0.254 e. The molecule has 6 nitrogen and oxygen atoms in total. The van der Waals surface area contributed by atoms with E-state index in [1.54, 1.807) is 9.80 Å². The molecule has 160 valence electrons. The van der Waals surface area contributed by atoms with Gasteiger partial charge in [0.05, 0.1) is 12.2 Å². The zero-order valence-corrected chi connectivity index (χ0v) is 18.9. The SMILES string of the molecule is C[C@]12C(=O)N(CCCO)CC(=O)N1CC(c1ccc(Br)cc1)c1c2[nH]c2ccccc12. The number of carbonyl (C=O) groups is 2. The van der Waals surface area contributed by atoms with Gasteiger partial charge in [-0.15, -0.1) is 0 Å². The smallest absolute Gasteiger partial charge is 0.254 e. The monoisotopic (exact) mass is 481 g/mol. The molecule has 31 heavy (non-hydrogen) atoms. The molecule has 2 amide bonds. The molecule has 1 aromatic heterocycles. The molecular weight excluding hydrogens is 458 g/mol. The van der Waals surface area contributed by atoms with E-state index in [-0.39, 0.29) is 30.9 Å². The first-order valence-corrected chi connectivity index (χ1v) is 11.3. The van der Waals surface area contributed by atoms with Crippen molar-refractivity contribution in [1.29, 1.82) is 0 Å². The Morgan fingerprint density at radius 2 is 1.90 bits per heavy atom. The third-order valence-electron chi connectivity index (χ3n) is 6.68. The summed E-state index contributed by atoms with van der Waals surface area (Å²) in [6.07, 6.45) is 0.455. The Balaban J connectivity index is 1.72. The van der Waals surface area contributed by atoms with Gasteiger partial charge in [-0.05, 0) is 42.7 Å². The predicted molar refractivity (Wildman–Crippen MR) is 122 cm³/mol. The van der Waals surface area contributed by atoms with Gasteiger partial charge in [-0.2, -0.15) is 0 Å². The highest BCUT2D eigenvalue weighted by atomic mass is 79.9. The largest absolute Gasteiger partial charge is 0.396 e. The first-order chi connectivity index (χ1) is 14.9. The molecule has 5 rings (SSSR count). The van der Waals surface area contributed by atoms with Crippen LogP contribution in [-0.2, 0) is 15.1 Å². The number of halogens is 1. The Kier molecular flexibility index (Phi) is 4.90. The number of nitrogens with zero attached hydrogens (tertiary/aromatic N) is 2. The van der Waals surface area contributed by atoms with Crippen LogP contribution in [0.15, 0.2) is 53.0 Å². The lowest BCUT2D eigenvalue weighted by Crippen LogP contribution is -2.67. The van der Waals surface area contributed by atoms with Crippen LogP contribution in [0.3, 0.4) is 0 Å². The Labute approximate surface area is 189 Å². The summed E-state index contributed by atoms with van der Waals surface area (Å²) < 4.78 is 1.000. The summed E-state index contributed by atoms with van der Waals surface area (Å²) in [5.41, 5.74) is 2.86. The van der Waals surface area contributed by atoms with Gasteiger partial charge in [0.15, 0.2) is 5.54 Å². The standard InChI is InChI=1S/C24H24BrN3O3/c1-24-22-21(17-5-2-3-6-19(17)26-22)18(15-7-9-16(25)10-8-15)13-28(24)20(30)14-27(23(24)31)11-4-12-29/h2-3,5-10,18,26,29H,4,11-14H2,1H3/t18?,24-/m0/s1. The van der Waals surface area contributed by atoms with Crippen LogP contribution in [0.5, 0.6) is 0 Å². The fraction of sp³-hybridized carbons (Fsp3) is 0.333. The maximum atomic E-state index is 13.7. The molecule has 7 heteroatoms. The summed E-state index contributed by atoms with van der Waals surface area (Å²) >= 11 is 3.50. The molecule has 2 atom stereocenters. The van der Waals surface area contributed by atoms with Gasteiger partial charge in [0.2, 0.25) is 5.91 Å². The van der Waals surface area contributed by atoms with Crippen molar-refractivity contribution in [1.82, 2.24) is 14.8 Å². The molecule has 2 aliphatic rings. The van der Waals surface area contributed by atoms with E-state index in [4.69, 9.17) is 0 Å². The maximum absolute atomic E-state index is 13.7. The number of fused-ring (bicyclic) bond motifs is 5. The summed E-state index contributed by atoms with van der Waals surface area (Å²) in [5, 5.41) is 10.3. The molecule has 3 aromatic rings. The average Bonchev–Trinajstić information content (AvgIpc) is 3.17. The zero-order chi connectivity index (χ0) is 21.8. The first kappa shape index (κ1) is 20.3. The number of para-hydroxylation sites is 1. The number of aliphatic hydroxyl groups is 1. The minimum Gasteiger partial charge on any atom is -0.396 e.